The zero-order valence-corrected chi connectivity index (χ0v) is 13.4. The lowest BCUT2D eigenvalue weighted by atomic mass is 10.1. The van der Waals surface area contributed by atoms with E-state index in [9.17, 15) is 14.9 Å². The van der Waals surface area contributed by atoms with Gasteiger partial charge in [-0.2, -0.15) is 0 Å². The molecule has 1 aliphatic heterocycles. The molecule has 0 saturated carbocycles. The second kappa shape index (κ2) is 8.47. The molecule has 1 N–H and O–H groups in total. The number of benzene rings is 1. The number of nitrogens with one attached hydrogen (secondary N) is 1. The molecule has 126 valence electrons. The number of carbonyl (C=O) groups excluding carboxylic acids is 1. The van der Waals surface area contributed by atoms with Gasteiger partial charge < -0.3 is 15.0 Å². The summed E-state index contributed by atoms with van der Waals surface area (Å²) in [5.74, 6) is -0.294. The van der Waals surface area contributed by atoms with Gasteiger partial charge in [0.25, 0.3) is 11.6 Å². The summed E-state index contributed by atoms with van der Waals surface area (Å²) in [4.78, 5) is 25.0. The number of hydrogen-bond acceptors (Lipinski definition) is 5. The second-order valence-corrected chi connectivity index (χ2v) is 5.46. The highest BCUT2D eigenvalue weighted by Gasteiger charge is 2.23. The molecule has 1 aliphatic rings. The van der Waals surface area contributed by atoms with E-state index in [1.165, 1.54) is 6.07 Å². The van der Waals surface area contributed by atoms with Crippen molar-refractivity contribution in [2.45, 2.75) is 26.2 Å². The lowest BCUT2D eigenvalue weighted by molar-refractivity contribution is -0.384. The van der Waals surface area contributed by atoms with Crippen LogP contribution in [0.15, 0.2) is 18.2 Å². The molecular weight excluding hydrogens is 298 g/mol. The first-order valence-corrected chi connectivity index (χ1v) is 8.02. The average Bonchev–Trinajstić information content (AvgIpc) is 3.08. The van der Waals surface area contributed by atoms with Gasteiger partial charge in [-0.15, -0.1) is 0 Å². The Kier molecular flexibility index (Phi) is 6.34. The quantitative estimate of drug-likeness (QED) is 0.451. The molecule has 0 spiro atoms. The Labute approximate surface area is 135 Å². The van der Waals surface area contributed by atoms with E-state index in [-0.39, 0.29) is 11.6 Å². The minimum atomic E-state index is -0.417. The monoisotopic (exact) mass is 321 g/mol. The molecule has 1 amide bonds. The van der Waals surface area contributed by atoms with Crippen LogP contribution in [-0.4, -0.2) is 43.7 Å². The largest absolute Gasteiger partial charge is 0.382 e. The zero-order valence-electron chi connectivity index (χ0n) is 13.4. The van der Waals surface area contributed by atoms with Crippen molar-refractivity contribution in [3.8, 4) is 0 Å². The van der Waals surface area contributed by atoms with Crippen molar-refractivity contribution in [2.75, 3.05) is 37.7 Å². The fourth-order valence-electron chi connectivity index (χ4n) is 2.66. The van der Waals surface area contributed by atoms with Gasteiger partial charge in [0, 0.05) is 44.5 Å². The van der Waals surface area contributed by atoms with E-state index in [0.29, 0.717) is 37.4 Å². The van der Waals surface area contributed by atoms with E-state index in [2.05, 4.69) is 5.32 Å². The number of amides is 1. The molecule has 1 aromatic carbocycles. The molecule has 23 heavy (non-hydrogen) atoms. The summed E-state index contributed by atoms with van der Waals surface area (Å²) in [6, 6.07) is 4.70. The first-order chi connectivity index (χ1) is 11.1. The Morgan fingerprint density at radius 2 is 2.13 bits per heavy atom. The Bertz CT molecular complexity index is 556. The lowest BCUT2D eigenvalue weighted by Gasteiger charge is -2.17. The van der Waals surface area contributed by atoms with E-state index < -0.39 is 4.92 Å². The van der Waals surface area contributed by atoms with Gasteiger partial charge in [-0.25, -0.2) is 0 Å². The van der Waals surface area contributed by atoms with Gasteiger partial charge in [0.05, 0.1) is 4.92 Å². The molecule has 7 heteroatoms. The van der Waals surface area contributed by atoms with Crippen LogP contribution in [0, 0.1) is 10.1 Å². The van der Waals surface area contributed by atoms with E-state index in [4.69, 9.17) is 4.74 Å². The van der Waals surface area contributed by atoms with Gasteiger partial charge >= 0.3 is 0 Å². The predicted octanol–water partition coefficient (Wildman–Crippen LogP) is 2.35. The van der Waals surface area contributed by atoms with Crippen molar-refractivity contribution in [1.29, 1.82) is 0 Å². The Morgan fingerprint density at radius 3 is 2.78 bits per heavy atom. The minimum absolute atomic E-state index is 0.00568. The summed E-state index contributed by atoms with van der Waals surface area (Å²) in [7, 11) is 0. The Morgan fingerprint density at radius 1 is 1.39 bits per heavy atom. The zero-order chi connectivity index (χ0) is 16.7. The predicted molar refractivity (Wildman–Crippen MR) is 88.0 cm³/mol. The smallest absolute Gasteiger partial charge is 0.293 e. The first-order valence-electron chi connectivity index (χ1n) is 8.02. The number of anilines is 1. The van der Waals surface area contributed by atoms with Crippen LogP contribution in [0.4, 0.5) is 11.4 Å². The molecule has 2 rings (SSSR count). The van der Waals surface area contributed by atoms with Gasteiger partial charge in [0.2, 0.25) is 0 Å². The highest BCUT2D eigenvalue weighted by atomic mass is 16.6. The molecule has 0 bridgehead atoms. The number of nitrogens with zero attached hydrogens (tertiary/aromatic N) is 2. The molecule has 0 atom stereocenters. The van der Waals surface area contributed by atoms with Crippen LogP contribution in [0.5, 0.6) is 0 Å². The standard InChI is InChI=1S/C16H23N3O4/c1-2-23-11-5-8-17-16(20)13-6-7-14(15(12-13)19(21)22)18-9-3-4-10-18/h6-7,12H,2-5,8-11H2,1H3,(H,17,20). The molecule has 0 unspecified atom stereocenters. The summed E-state index contributed by atoms with van der Waals surface area (Å²) >= 11 is 0. The number of rotatable bonds is 8. The maximum atomic E-state index is 12.1. The summed E-state index contributed by atoms with van der Waals surface area (Å²) in [5.41, 5.74) is 0.908. The number of nitro benzene ring substituents is 1. The Balaban J connectivity index is 2.03. The van der Waals surface area contributed by atoms with Gasteiger partial charge in [0.15, 0.2) is 0 Å². The maximum Gasteiger partial charge on any atom is 0.293 e. The summed E-state index contributed by atoms with van der Waals surface area (Å²) < 4.78 is 5.20. The van der Waals surface area contributed by atoms with E-state index in [1.807, 2.05) is 11.8 Å². The van der Waals surface area contributed by atoms with Crippen molar-refractivity contribution >= 4 is 17.3 Å². The fourth-order valence-corrected chi connectivity index (χ4v) is 2.66. The third-order valence-electron chi connectivity index (χ3n) is 3.84. The van der Waals surface area contributed by atoms with Crippen LogP contribution < -0.4 is 10.2 Å². The number of nitro groups is 1. The minimum Gasteiger partial charge on any atom is -0.382 e. The van der Waals surface area contributed by atoms with Gasteiger partial charge in [0.1, 0.15) is 5.69 Å². The molecule has 7 nitrogen and oxygen atoms in total. The number of carbonyl (C=O) groups is 1. The highest BCUT2D eigenvalue weighted by molar-refractivity contribution is 5.95. The van der Waals surface area contributed by atoms with Crippen LogP contribution >= 0.6 is 0 Å². The summed E-state index contributed by atoms with van der Waals surface area (Å²) in [5, 5.41) is 14.1. The van der Waals surface area contributed by atoms with Gasteiger partial charge in [-0.05, 0) is 38.3 Å². The van der Waals surface area contributed by atoms with Crippen molar-refractivity contribution < 1.29 is 14.5 Å². The van der Waals surface area contributed by atoms with Crippen molar-refractivity contribution in [1.82, 2.24) is 5.32 Å². The van der Waals surface area contributed by atoms with Crippen LogP contribution in [-0.2, 0) is 4.74 Å². The van der Waals surface area contributed by atoms with E-state index >= 15 is 0 Å². The molecular formula is C16H23N3O4. The van der Waals surface area contributed by atoms with Gasteiger partial charge in [-0.1, -0.05) is 0 Å². The summed E-state index contributed by atoms with van der Waals surface area (Å²) in [6.45, 7) is 5.29. The lowest BCUT2D eigenvalue weighted by Crippen LogP contribution is -2.26. The van der Waals surface area contributed by atoms with Crippen LogP contribution in [0.2, 0.25) is 0 Å². The van der Waals surface area contributed by atoms with E-state index in [1.54, 1.807) is 12.1 Å². The SMILES string of the molecule is CCOCCCNC(=O)c1ccc(N2CCCC2)c([N+](=O)[O-])c1. The maximum absolute atomic E-state index is 12.1. The molecule has 0 aromatic heterocycles. The van der Waals surface area contributed by atoms with Crippen molar-refractivity contribution in [2.24, 2.45) is 0 Å². The first kappa shape index (κ1) is 17.2. The topological polar surface area (TPSA) is 84.7 Å². The van der Waals surface area contributed by atoms with E-state index in [0.717, 1.165) is 25.9 Å². The van der Waals surface area contributed by atoms with Crippen molar-refractivity contribution in [3.63, 3.8) is 0 Å². The summed E-state index contributed by atoms with van der Waals surface area (Å²) in [6.07, 6.45) is 2.80. The average molecular weight is 321 g/mol. The number of ether oxygens (including phenoxy) is 1. The molecule has 1 fully saturated rings. The van der Waals surface area contributed by atoms with Crippen LogP contribution in [0.1, 0.15) is 36.5 Å². The molecule has 1 aromatic rings. The Hall–Kier alpha value is -2.15. The fraction of sp³-hybridized carbons (Fsp3) is 0.562. The molecule has 0 radical (unpaired) electrons. The van der Waals surface area contributed by atoms with Gasteiger partial charge in [-0.3, -0.25) is 14.9 Å². The van der Waals surface area contributed by atoms with Crippen LogP contribution in [0.3, 0.4) is 0 Å². The molecule has 1 saturated heterocycles. The van der Waals surface area contributed by atoms with Crippen molar-refractivity contribution in [3.05, 3.63) is 33.9 Å². The third-order valence-corrected chi connectivity index (χ3v) is 3.84. The molecule has 0 aliphatic carbocycles. The molecule has 1 heterocycles. The number of hydrogen-bond donors (Lipinski definition) is 1. The second-order valence-electron chi connectivity index (χ2n) is 5.46. The normalized spacial score (nSPS) is 14.0. The van der Waals surface area contributed by atoms with Crippen LogP contribution in [0.25, 0.3) is 0 Å². The highest BCUT2D eigenvalue weighted by Crippen LogP contribution is 2.31. The third kappa shape index (κ3) is 4.66.